The van der Waals surface area contributed by atoms with Crippen LogP contribution in [0.1, 0.15) is 29.0 Å². The Kier molecular flexibility index (Phi) is 3.19. The summed E-state index contributed by atoms with van der Waals surface area (Å²) < 4.78 is 0. The van der Waals surface area contributed by atoms with Crippen molar-refractivity contribution in [2.75, 3.05) is 11.9 Å². The van der Waals surface area contributed by atoms with Crippen LogP contribution in [0.2, 0.25) is 0 Å². The van der Waals surface area contributed by atoms with Crippen LogP contribution >= 0.6 is 0 Å². The molecule has 23 heavy (non-hydrogen) atoms. The Morgan fingerprint density at radius 3 is 2.52 bits per heavy atom. The molecule has 3 aromatic rings. The highest BCUT2D eigenvalue weighted by Crippen LogP contribution is 2.44. The van der Waals surface area contributed by atoms with Gasteiger partial charge in [-0.15, -0.1) is 0 Å². The first-order valence-electron chi connectivity index (χ1n) is 8.00. The molecule has 0 bridgehead atoms. The topological polar surface area (TPSA) is 20.3 Å². The zero-order valence-electron chi connectivity index (χ0n) is 13.4. The number of hydrogen-bond donors (Lipinski definition) is 0. The quantitative estimate of drug-likeness (QED) is 0.641. The molecule has 2 heteroatoms. The van der Waals surface area contributed by atoms with Gasteiger partial charge in [0.05, 0.1) is 0 Å². The lowest BCUT2D eigenvalue weighted by Gasteiger charge is -2.33. The fourth-order valence-electron chi connectivity index (χ4n) is 3.73. The van der Waals surface area contributed by atoms with E-state index in [0.717, 1.165) is 5.69 Å². The SMILES string of the molecule is Cc1ccccc1C1CC(=O)N(C)c2ccc3ccccc3c21. The third-order valence-corrected chi connectivity index (χ3v) is 4.97. The number of aryl methyl sites for hydroxylation is 1. The summed E-state index contributed by atoms with van der Waals surface area (Å²) in [7, 11) is 1.88. The number of rotatable bonds is 1. The van der Waals surface area contributed by atoms with Crippen molar-refractivity contribution in [3.05, 3.63) is 77.4 Å². The molecule has 1 amide bonds. The highest BCUT2D eigenvalue weighted by Gasteiger charge is 2.32. The fraction of sp³-hybridized carbons (Fsp3) is 0.190. The largest absolute Gasteiger partial charge is 0.315 e. The van der Waals surface area contributed by atoms with Gasteiger partial charge in [-0.25, -0.2) is 0 Å². The molecule has 114 valence electrons. The minimum Gasteiger partial charge on any atom is -0.315 e. The van der Waals surface area contributed by atoms with E-state index in [0.29, 0.717) is 6.42 Å². The van der Waals surface area contributed by atoms with Crippen LogP contribution in [0.15, 0.2) is 60.7 Å². The summed E-state index contributed by atoms with van der Waals surface area (Å²) in [6, 6.07) is 21.0. The van der Waals surface area contributed by atoms with Gasteiger partial charge in [0.1, 0.15) is 0 Å². The van der Waals surface area contributed by atoms with E-state index in [2.05, 4.69) is 67.6 Å². The molecule has 0 aromatic heterocycles. The third-order valence-electron chi connectivity index (χ3n) is 4.97. The van der Waals surface area contributed by atoms with E-state index in [9.17, 15) is 4.79 Å². The number of carbonyl (C=O) groups excluding carboxylic acids is 1. The van der Waals surface area contributed by atoms with Crippen LogP contribution in [0, 0.1) is 6.92 Å². The molecule has 2 nitrogen and oxygen atoms in total. The van der Waals surface area contributed by atoms with Crippen LogP contribution in [0.3, 0.4) is 0 Å². The molecule has 1 aliphatic heterocycles. The molecule has 0 N–H and O–H groups in total. The van der Waals surface area contributed by atoms with Crippen molar-refractivity contribution in [3.8, 4) is 0 Å². The van der Waals surface area contributed by atoms with Crippen LogP contribution in [0.4, 0.5) is 5.69 Å². The molecule has 0 saturated carbocycles. The van der Waals surface area contributed by atoms with E-state index < -0.39 is 0 Å². The molecule has 0 aliphatic carbocycles. The zero-order chi connectivity index (χ0) is 16.0. The smallest absolute Gasteiger partial charge is 0.227 e. The number of hydrogen-bond acceptors (Lipinski definition) is 1. The van der Waals surface area contributed by atoms with Crippen molar-refractivity contribution in [3.63, 3.8) is 0 Å². The summed E-state index contributed by atoms with van der Waals surface area (Å²) in [5, 5.41) is 2.48. The van der Waals surface area contributed by atoms with Gasteiger partial charge < -0.3 is 4.90 Å². The fourth-order valence-corrected chi connectivity index (χ4v) is 3.73. The Labute approximate surface area is 136 Å². The second-order valence-electron chi connectivity index (χ2n) is 6.29. The molecule has 1 aliphatic rings. The molecule has 1 heterocycles. The van der Waals surface area contributed by atoms with Gasteiger partial charge >= 0.3 is 0 Å². The maximum Gasteiger partial charge on any atom is 0.227 e. The number of nitrogens with zero attached hydrogens (tertiary/aromatic N) is 1. The van der Waals surface area contributed by atoms with Crippen molar-refractivity contribution in [2.45, 2.75) is 19.3 Å². The number of carbonyl (C=O) groups is 1. The first-order valence-corrected chi connectivity index (χ1v) is 8.00. The van der Waals surface area contributed by atoms with E-state index in [1.54, 1.807) is 4.90 Å². The van der Waals surface area contributed by atoms with Gasteiger partial charge in [-0.2, -0.15) is 0 Å². The Hall–Kier alpha value is -2.61. The predicted molar refractivity (Wildman–Crippen MR) is 95.0 cm³/mol. The molecule has 1 unspecified atom stereocenters. The monoisotopic (exact) mass is 301 g/mol. The second kappa shape index (κ2) is 5.24. The molecule has 4 rings (SSSR count). The maximum atomic E-state index is 12.5. The average molecular weight is 301 g/mol. The highest BCUT2D eigenvalue weighted by atomic mass is 16.2. The van der Waals surface area contributed by atoms with E-state index in [-0.39, 0.29) is 11.8 Å². The molecule has 0 fully saturated rings. The Bertz CT molecular complexity index is 913. The zero-order valence-corrected chi connectivity index (χ0v) is 13.4. The summed E-state index contributed by atoms with van der Waals surface area (Å²) in [4.78, 5) is 14.3. The molecule has 0 saturated heterocycles. The average Bonchev–Trinajstić information content (AvgIpc) is 2.58. The van der Waals surface area contributed by atoms with E-state index in [1.165, 1.54) is 27.5 Å². The number of anilines is 1. The van der Waals surface area contributed by atoms with Gasteiger partial charge in [0.2, 0.25) is 5.91 Å². The molecule has 3 aromatic carbocycles. The van der Waals surface area contributed by atoms with Gasteiger partial charge in [0.25, 0.3) is 0 Å². The van der Waals surface area contributed by atoms with E-state index in [4.69, 9.17) is 0 Å². The van der Waals surface area contributed by atoms with Crippen molar-refractivity contribution in [1.29, 1.82) is 0 Å². The lowest BCUT2D eigenvalue weighted by atomic mass is 9.80. The van der Waals surface area contributed by atoms with Gasteiger partial charge in [-0.1, -0.05) is 54.6 Å². The lowest BCUT2D eigenvalue weighted by Crippen LogP contribution is -2.33. The van der Waals surface area contributed by atoms with Crippen molar-refractivity contribution in [1.82, 2.24) is 0 Å². The maximum absolute atomic E-state index is 12.5. The van der Waals surface area contributed by atoms with Crippen LogP contribution in [0.25, 0.3) is 10.8 Å². The summed E-state index contributed by atoms with van der Waals surface area (Å²) in [5.74, 6) is 0.307. The highest BCUT2D eigenvalue weighted by molar-refractivity contribution is 6.02. The minimum atomic E-state index is 0.126. The van der Waals surface area contributed by atoms with Gasteiger partial charge in [0, 0.05) is 25.1 Å². The summed E-state index contributed by atoms with van der Waals surface area (Å²) in [5.41, 5.74) is 4.81. The standard InChI is InChI=1S/C21H19NO/c1-14-7-3-5-9-16(14)18-13-20(23)22(2)19-12-11-15-8-4-6-10-17(15)21(18)19/h3-12,18H,13H2,1-2H3. The van der Waals surface area contributed by atoms with E-state index in [1.807, 2.05) is 7.05 Å². The lowest BCUT2D eigenvalue weighted by molar-refractivity contribution is -0.118. The number of fused-ring (bicyclic) bond motifs is 3. The normalized spacial score (nSPS) is 17.4. The van der Waals surface area contributed by atoms with Crippen molar-refractivity contribution < 1.29 is 4.79 Å². The van der Waals surface area contributed by atoms with Crippen molar-refractivity contribution in [2.24, 2.45) is 0 Å². The Balaban J connectivity index is 2.04. The van der Waals surface area contributed by atoms with Crippen LogP contribution in [-0.4, -0.2) is 13.0 Å². The molecule has 1 atom stereocenters. The Morgan fingerprint density at radius 1 is 0.957 bits per heavy atom. The second-order valence-corrected chi connectivity index (χ2v) is 6.29. The predicted octanol–water partition coefficient (Wildman–Crippen LogP) is 4.65. The van der Waals surface area contributed by atoms with Crippen LogP contribution in [-0.2, 0) is 4.79 Å². The molecular weight excluding hydrogens is 282 g/mol. The number of benzene rings is 3. The molecular formula is C21H19NO. The minimum absolute atomic E-state index is 0.126. The van der Waals surface area contributed by atoms with Crippen LogP contribution < -0.4 is 4.90 Å². The van der Waals surface area contributed by atoms with Gasteiger partial charge in [0.15, 0.2) is 0 Å². The Morgan fingerprint density at radius 2 is 1.70 bits per heavy atom. The van der Waals surface area contributed by atoms with Gasteiger partial charge in [-0.3, -0.25) is 4.79 Å². The number of amides is 1. The first kappa shape index (κ1) is 14.0. The summed E-state index contributed by atoms with van der Waals surface area (Å²) >= 11 is 0. The summed E-state index contributed by atoms with van der Waals surface area (Å²) in [6.45, 7) is 2.13. The van der Waals surface area contributed by atoms with E-state index >= 15 is 0 Å². The van der Waals surface area contributed by atoms with Crippen LogP contribution in [0.5, 0.6) is 0 Å². The molecule has 0 spiro atoms. The summed E-state index contributed by atoms with van der Waals surface area (Å²) in [6.07, 6.45) is 0.530. The van der Waals surface area contributed by atoms with Gasteiger partial charge in [-0.05, 0) is 40.5 Å². The van der Waals surface area contributed by atoms with Crippen molar-refractivity contribution >= 4 is 22.4 Å². The molecule has 0 radical (unpaired) electrons. The first-order chi connectivity index (χ1) is 11.2. The third kappa shape index (κ3) is 2.14.